The molecule has 30 heavy (non-hydrogen) atoms. The molecule has 1 amide bonds. The van der Waals surface area contributed by atoms with Gasteiger partial charge in [0.15, 0.2) is 0 Å². The molecule has 0 bridgehead atoms. The van der Waals surface area contributed by atoms with Gasteiger partial charge in [-0.25, -0.2) is 4.79 Å². The van der Waals surface area contributed by atoms with Crippen molar-refractivity contribution in [1.29, 1.82) is 0 Å². The van der Waals surface area contributed by atoms with Gasteiger partial charge in [0.05, 0.1) is 11.2 Å². The fourth-order valence-electron chi connectivity index (χ4n) is 2.59. The van der Waals surface area contributed by atoms with E-state index in [4.69, 9.17) is 14.0 Å². The first-order valence-electron chi connectivity index (χ1n) is 9.56. The van der Waals surface area contributed by atoms with Crippen molar-refractivity contribution < 1.29 is 32.0 Å². The first-order chi connectivity index (χ1) is 13.5. The van der Waals surface area contributed by atoms with Crippen LogP contribution in [-0.2, 0) is 20.2 Å². The predicted octanol–water partition coefficient (Wildman–Crippen LogP) is 4.64. The molecular formula is C20H28BF3N2O4. The van der Waals surface area contributed by atoms with E-state index in [-0.39, 0.29) is 12.1 Å². The lowest BCUT2D eigenvalue weighted by Crippen LogP contribution is -2.41. The van der Waals surface area contributed by atoms with Crippen LogP contribution < -0.4 is 5.32 Å². The Labute approximate surface area is 175 Å². The SMILES string of the molecule is CC(C)(C)OC(=O)NCC(=Cc1ccnc(C(F)(F)F)c1)B1OC(C)(C)C(C)(C)O1. The van der Waals surface area contributed by atoms with E-state index < -0.39 is 41.9 Å². The van der Waals surface area contributed by atoms with Crippen LogP contribution in [0.2, 0.25) is 0 Å². The number of alkyl carbamates (subject to hydrolysis) is 1. The van der Waals surface area contributed by atoms with Gasteiger partial charge in [-0.2, -0.15) is 13.2 Å². The lowest BCUT2D eigenvalue weighted by Gasteiger charge is -2.32. The largest absolute Gasteiger partial charge is 0.492 e. The number of carbonyl (C=O) groups is 1. The van der Waals surface area contributed by atoms with Gasteiger partial charge in [0, 0.05) is 12.7 Å². The van der Waals surface area contributed by atoms with E-state index in [2.05, 4.69) is 10.3 Å². The number of nitrogens with one attached hydrogen (secondary N) is 1. The highest BCUT2D eigenvalue weighted by Gasteiger charge is 2.52. The van der Waals surface area contributed by atoms with Crippen LogP contribution in [0.4, 0.5) is 18.0 Å². The van der Waals surface area contributed by atoms with Crippen LogP contribution in [0.15, 0.2) is 23.8 Å². The quantitative estimate of drug-likeness (QED) is 0.708. The third-order valence-corrected chi connectivity index (χ3v) is 4.82. The highest BCUT2D eigenvalue weighted by Crippen LogP contribution is 2.39. The minimum absolute atomic E-state index is 0.0323. The smallest absolute Gasteiger partial charge is 0.444 e. The number of carbonyl (C=O) groups excluding carboxylic acids is 1. The molecule has 1 aromatic heterocycles. The van der Waals surface area contributed by atoms with Crippen molar-refractivity contribution in [3.63, 3.8) is 0 Å². The molecule has 6 nitrogen and oxygen atoms in total. The fraction of sp³-hybridized carbons (Fsp3) is 0.600. The summed E-state index contributed by atoms with van der Waals surface area (Å²) in [6, 6.07) is 2.37. The van der Waals surface area contributed by atoms with Gasteiger partial charge in [0.2, 0.25) is 0 Å². The Bertz CT molecular complexity index is 801. The topological polar surface area (TPSA) is 69.7 Å². The summed E-state index contributed by atoms with van der Waals surface area (Å²) in [6.07, 6.45) is -2.65. The van der Waals surface area contributed by atoms with Crippen LogP contribution in [-0.4, -0.2) is 41.5 Å². The Kier molecular flexibility index (Phi) is 6.64. The van der Waals surface area contributed by atoms with E-state index in [1.54, 1.807) is 20.8 Å². The number of amides is 1. The van der Waals surface area contributed by atoms with Gasteiger partial charge in [-0.3, -0.25) is 4.98 Å². The molecule has 1 aromatic rings. The Morgan fingerprint density at radius 2 is 1.77 bits per heavy atom. The Morgan fingerprint density at radius 1 is 1.20 bits per heavy atom. The van der Waals surface area contributed by atoms with Crippen molar-refractivity contribution in [2.75, 3.05) is 6.54 Å². The van der Waals surface area contributed by atoms with Crippen molar-refractivity contribution in [1.82, 2.24) is 10.3 Å². The zero-order valence-electron chi connectivity index (χ0n) is 18.3. The monoisotopic (exact) mass is 428 g/mol. The molecule has 0 atom stereocenters. The molecular weight excluding hydrogens is 400 g/mol. The average molecular weight is 428 g/mol. The van der Waals surface area contributed by atoms with Crippen molar-refractivity contribution in [2.45, 2.75) is 71.4 Å². The maximum atomic E-state index is 13.0. The summed E-state index contributed by atoms with van der Waals surface area (Å²) in [4.78, 5) is 15.4. The second-order valence-electron chi connectivity index (χ2n) is 9.14. The highest BCUT2D eigenvalue weighted by molar-refractivity contribution is 6.56. The standard InChI is InChI=1S/C20H28BF3N2O4/c1-17(2,3)28-16(27)26-12-14(21-29-18(4,5)19(6,7)30-21)10-13-8-9-25-15(11-13)20(22,23)24/h8-11H,12H2,1-7H3,(H,26,27). The van der Waals surface area contributed by atoms with E-state index in [0.717, 1.165) is 12.3 Å². The Hall–Kier alpha value is -2.07. The molecule has 2 rings (SSSR count). The van der Waals surface area contributed by atoms with Crippen LogP contribution in [0.3, 0.4) is 0 Å². The number of aromatic nitrogens is 1. The fourth-order valence-corrected chi connectivity index (χ4v) is 2.59. The van der Waals surface area contributed by atoms with Gasteiger partial charge in [-0.1, -0.05) is 6.08 Å². The van der Waals surface area contributed by atoms with Crippen molar-refractivity contribution in [2.24, 2.45) is 0 Å². The van der Waals surface area contributed by atoms with Gasteiger partial charge < -0.3 is 19.4 Å². The molecule has 0 unspecified atom stereocenters. The molecule has 0 aromatic carbocycles. The maximum Gasteiger partial charge on any atom is 0.492 e. The second-order valence-corrected chi connectivity index (χ2v) is 9.14. The minimum Gasteiger partial charge on any atom is -0.444 e. The first kappa shape index (κ1) is 24.2. The van der Waals surface area contributed by atoms with Gasteiger partial charge in [0.25, 0.3) is 0 Å². The lowest BCUT2D eigenvalue weighted by molar-refractivity contribution is -0.141. The number of pyridine rings is 1. The normalized spacial score (nSPS) is 19.0. The number of alkyl halides is 3. The second kappa shape index (κ2) is 8.22. The Balaban J connectivity index is 2.32. The zero-order chi connectivity index (χ0) is 23.0. The van der Waals surface area contributed by atoms with Crippen molar-refractivity contribution >= 4 is 19.3 Å². The number of hydrogen-bond donors (Lipinski definition) is 1. The van der Waals surface area contributed by atoms with Crippen molar-refractivity contribution in [3.05, 3.63) is 35.1 Å². The molecule has 1 saturated heterocycles. The molecule has 10 heteroatoms. The molecule has 0 spiro atoms. The summed E-state index contributed by atoms with van der Waals surface area (Å²) >= 11 is 0. The first-order valence-corrected chi connectivity index (χ1v) is 9.56. The molecule has 1 aliphatic heterocycles. The molecule has 1 fully saturated rings. The molecule has 166 valence electrons. The summed E-state index contributed by atoms with van der Waals surface area (Å²) in [5.74, 6) is 0. The molecule has 1 aliphatic rings. The van der Waals surface area contributed by atoms with Gasteiger partial charge in [0.1, 0.15) is 11.3 Å². The molecule has 0 radical (unpaired) electrons. The van der Waals surface area contributed by atoms with Gasteiger partial charge in [-0.05, 0) is 71.6 Å². The lowest BCUT2D eigenvalue weighted by atomic mass is 9.77. The maximum absolute atomic E-state index is 13.0. The van der Waals surface area contributed by atoms with Crippen LogP contribution in [0.5, 0.6) is 0 Å². The van der Waals surface area contributed by atoms with E-state index in [9.17, 15) is 18.0 Å². The summed E-state index contributed by atoms with van der Waals surface area (Å²) in [5, 5.41) is 2.61. The summed E-state index contributed by atoms with van der Waals surface area (Å²) in [6.45, 7) is 12.6. The number of hydrogen-bond acceptors (Lipinski definition) is 5. The van der Waals surface area contributed by atoms with Crippen LogP contribution >= 0.6 is 0 Å². The van der Waals surface area contributed by atoms with Crippen LogP contribution in [0, 0.1) is 0 Å². The number of rotatable bonds is 4. The summed E-state index contributed by atoms with van der Waals surface area (Å²) < 4.78 is 56.3. The number of ether oxygens (including phenoxy) is 1. The third-order valence-electron chi connectivity index (χ3n) is 4.82. The third kappa shape index (κ3) is 6.22. The number of halogens is 3. The van der Waals surface area contributed by atoms with Gasteiger partial charge >= 0.3 is 19.4 Å². The summed E-state index contributed by atoms with van der Waals surface area (Å²) in [5.41, 5.74) is -2.31. The highest BCUT2D eigenvalue weighted by atomic mass is 19.4. The van der Waals surface area contributed by atoms with Crippen LogP contribution in [0.25, 0.3) is 6.08 Å². The number of nitrogens with zero attached hydrogens (tertiary/aromatic N) is 1. The van der Waals surface area contributed by atoms with Crippen LogP contribution in [0.1, 0.15) is 59.7 Å². The summed E-state index contributed by atoms with van der Waals surface area (Å²) in [7, 11) is -0.854. The van der Waals surface area contributed by atoms with E-state index in [1.807, 2.05) is 27.7 Å². The molecule has 0 saturated carbocycles. The van der Waals surface area contributed by atoms with E-state index in [1.165, 1.54) is 12.1 Å². The van der Waals surface area contributed by atoms with Gasteiger partial charge in [-0.15, -0.1) is 0 Å². The zero-order valence-corrected chi connectivity index (χ0v) is 18.3. The molecule has 2 heterocycles. The van der Waals surface area contributed by atoms with E-state index in [0.29, 0.717) is 5.47 Å². The molecule has 1 N–H and O–H groups in total. The Morgan fingerprint density at radius 3 is 2.27 bits per heavy atom. The van der Waals surface area contributed by atoms with Crippen molar-refractivity contribution in [3.8, 4) is 0 Å². The van der Waals surface area contributed by atoms with E-state index >= 15 is 0 Å². The average Bonchev–Trinajstić information content (AvgIpc) is 2.77. The molecule has 0 aliphatic carbocycles. The minimum atomic E-state index is -4.57. The predicted molar refractivity (Wildman–Crippen MR) is 108 cm³/mol.